The number of ether oxygens (including phenoxy) is 1. The number of hydrogen-bond donors (Lipinski definition) is 2. The summed E-state index contributed by atoms with van der Waals surface area (Å²) in [6, 6.07) is 23.5. The molecule has 3 N–H and O–H groups in total. The monoisotopic (exact) mass is 599 g/mol. The van der Waals surface area contributed by atoms with Crippen LogP contribution in [0.5, 0.6) is 5.75 Å². The lowest BCUT2D eigenvalue weighted by Gasteiger charge is -2.41. The number of piperazine rings is 1. The van der Waals surface area contributed by atoms with Crippen LogP contribution in [0.4, 0.5) is 25.0 Å². The molecule has 1 aliphatic rings. The zero-order chi connectivity index (χ0) is 30.7. The van der Waals surface area contributed by atoms with E-state index < -0.39 is 23.3 Å². The number of hydrogen-bond acceptors (Lipinski definition) is 7. The fourth-order valence-corrected chi connectivity index (χ4v) is 5.57. The second-order valence-electron chi connectivity index (χ2n) is 10.6. The third kappa shape index (κ3) is 6.03. The van der Waals surface area contributed by atoms with E-state index in [4.69, 9.17) is 10.5 Å². The molecule has 1 saturated heterocycles. The molecule has 5 aromatic rings. The van der Waals surface area contributed by atoms with Crippen molar-refractivity contribution in [3.05, 3.63) is 115 Å². The minimum absolute atomic E-state index is 0.114. The zero-order valence-corrected chi connectivity index (χ0v) is 23.8. The summed E-state index contributed by atoms with van der Waals surface area (Å²) in [5.74, 6) is -1.17. The molecule has 10 nitrogen and oxygen atoms in total. The van der Waals surface area contributed by atoms with Gasteiger partial charge in [0.15, 0.2) is 0 Å². The summed E-state index contributed by atoms with van der Waals surface area (Å²) >= 11 is 0. The van der Waals surface area contributed by atoms with Crippen molar-refractivity contribution < 1.29 is 23.4 Å². The molecule has 226 valence electrons. The highest BCUT2D eigenvalue weighted by Crippen LogP contribution is 2.31. The number of rotatable bonds is 9. The Bertz CT molecular complexity index is 1740. The SMILES string of the molecule is NC(=O)N(c1cccc2ccccc12)N1CCN(c2ccc(OCC(O)(Cn3cncn3)c3ccc(F)cc3F)cc2)CC1. The van der Waals surface area contributed by atoms with Crippen LogP contribution < -0.4 is 20.4 Å². The van der Waals surface area contributed by atoms with Gasteiger partial charge in [-0.3, -0.25) is 0 Å². The van der Waals surface area contributed by atoms with Crippen molar-refractivity contribution in [3.63, 3.8) is 0 Å². The third-order valence-electron chi connectivity index (χ3n) is 7.74. The molecule has 2 amide bonds. The van der Waals surface area contributed by atoms with Gasteiger partial charge in [0.1, 0.15) is 42.2 Å². The Balaban J connectivity index is 1.12. The molecule has 0 bridgehead atoms. The Morgan fingerprint density at radius 2 is 1.73 bits per heavy atom. The average molecular weight is 600 g/mol. The molecule has 6 rings (SSSR count). The highest BCUT2D eigenvalue weighted by Gasteiger charge is 2.35. The number of aromatic nitrogens is 3. The van der Waals surface area contributed by atoms with Gasteiger partial charge in [-0.2, -0.15) is 5.10 Å². The number of carbonyl (C=O) groups is 1. The largest absolute Gasteiger partial charge is 0.490 e. The van der Waals surface area contributed by atoms with E-state index in [0.717, 1.165) is 34.3 Å². The van der Waals surface area contributed by atoms with Gasteiger partial charge in [-0.25, -0.2) is 33.3 Å². The Labute approximate surface area is 252 Å². The van der Waals surface area contributed by atoms with E-state index in [2.05, 4.69) is 15.0 Å². The van der Waals surface area contributed by atoms with Crippen LogP contribution in [0, 0.1) is 11.6 Å². The number of nitrogens with zero attached hydrogens (tertiary/aromatic N) is 6. The lowest BCUT2D eigenvalue weighted by atomic mass is 9.94. The maximum atomic E-state index is 14.7. The van der Waals surface area contributed by atoms with Gasteiger partial charge in [-0.1, -0.05) is 42.5 Å². The summed E-state index contributed by atoms with van der Waals surface area (Å²) in [7, 11) is 0. The number of halogens is 2. The highest BCUT2D eigenvalue weighted by molar-refractivity contribution is 6.02. The van der Waals surface area contributed by atoms with E-state index in [1.165, 1.54) is 23.4 Å². The Morgan fingerprint density at radius 3 is 2.43 bits per heavy atom. The van der Waals surface area contributed by atoms with Gasteiger partial charge in [0, 0.05) is 48.9 Å². The minimum atomic E-state index is -1.85. The first-order chi connectivity index (χ1) is 21.3. The Kier molecular flexibility index (Phi) is 8.09. The molecule has 1 unspecified atom stereocenters. The van der Waals surface area contributed by atoms with Gasteiger partial charge in [0.05, 0.1) is 12.2 Å². The van der Waals surface area contributed by atoms with Gasteiger partial charge in [0.2, 0.25) is 0 Å². The average Bonchev–Trinajstić information content (AvgIpc) is 3.53. The molecule has 0 radical (unpaired) electrons. The number of aliphatic hydroxyl groups is 1. The van der Waals surface area contributed by atoms with Gasteiger partial charge < -0.3 is 20.5 Å². The Morgan fingerprint density at radius 1 is 0.977 bits per heavy atom. The van der Waals surface area contributed by atoms with Crippen LogP contribution in [-0.4, -0.2) is 63.7 Å². The molecular formula is C32H31F2N7O3. The summed E-state index contributed by atoms with van der Waals surface area (Å²) in [5, 5.41) is 21.0. The first-order valence-corrected chi connectivity index (χ1v) is 14.1. The first kappa shape index (κ1) is 29.0. The number of benzene rings is 4. The molecule has 4 aromatic carbocycles. The van der Waals surface area contributed by atoms with Crippen LogP contribution in [-0.2, 0) is 12.1 Å². The predicted molar refractivity (Wildman–Crippen MR) is 162 cm³/mol. The summed E-state index contributed by atoms with van der Waals surface area (Å²) in [6.07, 6.45) is 2.70. The number of urea groups is 1. The highest BCUT2D eigenvalue weighted by atomic mass is 19.1. The lowest BCUT2D eigenvalue weighted by molar-refractivity contribution is -0.0297. The number of carbonyl (C=O) groups excluding carboxylic acids is 1. The van der Waals surface area contributed by atoms with Crippen LogP contribution in [0.15, 0.2) is 97.6 Å². The summed E-state index contributed by atoms with van der Waals surface area (Å²) in [5.41, 5.74) is 5.59. The number of primary amides is 1. The quantitative estimate of drug-likeness (QED) is 0.260. The van der Waals surface area contributed by atoms with Gasteiger partial charge in [0.25, 0.3) is 0 Å². The van der Waals surface area contributed by atoms with Crippen LogP contribution in [0.1, 0.15) is 5.56 Å². The molecule has 1 fully saturated rings. The van der Waals surface area contributed by atoms with Crippen molar-refractivity contribution in [2.45, 2.75) is 12.1 Å². The number of anilines is 2. The van der Waals surface area contributed by atoms with E-state index in [9.17, 15) is 18.7 Å². The maximum absolute atomic E-state index is 14.7. The van der Waals surface area contributed by atoms with Crippen LogP contribution in [0.3, 0.4) is 0 Å². The fraction of sp³-hybridized carbons (Fsp3) is 0.219. The molecule has 1 atom stereocenters. The van der Waals surface area contributed by atoms with Crippen LogP contribution in [0.25, 0.3) is 10.8 Å². The zero-order valence-electron chi connectivity index (χ0n) is 23.8. The normalized spacial score (nSPS) is 15.2. The number of fused-ring (bicyclic) bond motifs is 1. The third-order valence-corrected chi connectivity index (χ3v) is 7.74. The molecule has 1 aromatic heterocycles. The van der Waals surface area contributed by atoms with E-state index >= 15 is 0 Å². The second kappa shape index (κ2) is 12.3. The Hall–Kier alpha value is -5.07. The molecule has 1 aliphatic heterocycles. The lowest BCUT2D eigenvalue weighted by Crippen LogP contribution is -2.57. The molecule has 2 heterocycles. The van der Waals surface area contributed by atoms with Crippen LogP contribution in [0.2, 0.25) is 0 Å². The van der Waals surface area contributed by atoms with E-state index in [1.54, 1.807) is 17.1 Å². The molecular weight excluding hydrogens is 568 g/mol. The standard InChI is InChI=1S/C32H31F2N7O3/c33-24-8-13-28(29(34)18-24)32(43,19-39-22-36-21-37-39)20-44-26-11-9-25(10-12-26)38-14-16-40(17-15-38)41(31(35)42)30-7-3-5-23-4-1-2-6-27(23)30/h1-13,18,21-22,43H,14-17,19-20H2,(H2,35,42). The molecule has 12 heteroatoms. The summed E-state index contributed by atoms with van der Waals surface area (Å²) in [6.45, 7) is 1.97. The molecule has 0 aliphatic carbocycles. The summed E-state index contributed by atoms with van der Waals surface area (Å²) < 4.78 is 35.5. The molecule has 0 saturated carbocycles. The van der Waals surface area contributed by atoms with E-state index in [1.807, 2.05) is 59.6 Å². The predicted octanol–water partition coefficient (Wildman–Crippen LogP) is 4.30. The van der Waals surface area contributed by atoms with Crippen molar-refractivity contribution >= 4 is 28.2 Å². The van der Waals surface area contributed by atoms with Crippen molar-refractivity contribution in [3.8, 4) is 5.75 Å². The van der Waals surface area contributed by atoms with E-state index in [-0.39, 0.29) is 18.7 Å². The smallest absolute Gasteiger partial charge is 0.334 e. The fourth-order valence-electron chi connectivity index (χ4n) is 5.57. The number of nitrogens with two attached hydrogens (primary N) is 1. The maximum Gasteiger partial charge on any atom is 0.334 e. The minimum Gasteiger partial charge on any atom is -0.490 e. The van der Waals surface area contributed by atoms with Crippen molar-refractivity contribution in [1.82, 2.24) is 19.8 Å². The van der Waals surface area contributed by atoms with E-state index in [0.29, 0.717) is 31.9 Å². The van der Waals surface area contributed by atoms with Crippen molar-refractivity contribution in [1.29, 1.82) is 0 Å². The second-order valence-corrected chi connectivity index (χ2v) is 10.6. The van der Waals surface area contributed by atoms with Crippen LogP contribution >= 0.6 is 0 Å². The first-order valence-electron chi connectivity index (χ1n) is 14.1. The molecule has 0 spiro atoms. The summed E-state index contributed by atoms with van der Waals surface area (Å²) in [4.78, 5) is 18.7. The van der Waals surface area contributed by atoms with Crippen molar-refractivity contribution in [2.75, 3.05) is 42.7 Å². The topological polar surface area (TPSA) is 113 Å². The molecule has 44 heavy (non-hydrogen) atoms. The number of hydrazine groups is 1. The van der Waals surface area contributed by atoms with Gasteiger partial charge in [-0.05, 0) is 41.8 Å². The van der Waals surface area contributed by atoms with Crippen molar-refractivity contribution in [2.24, 2.45) is 5.73 Å². The number of amides is 2. The van der Waals surface area contributed by atoms with Gasteiger partial charge >= 0.3 is 6.03 Å². The van der Waals surface area contributed by atoms with Gasteiger partial charge in [-0.15, -0.1) is 0 Å².